The molecule has 4 aromatic heterocycles. The minimum Gasteiger partial charge on any atom is -0.269 e. The Hall–Kier alpha value is -3.90. The van der Waals surface area contributed by atoms with E-state index in [2.05, 4.69) is 39.2 Å². The predicted molar refractivity (Wildman–Crippen MR) is 121 cm³/mol. The first-order valence-electron chi connectivity index (χ1n) is 9.58. The zero-order valence-corrected chi connectivity index (χ0v) is 16.6. The van der Waals surface area contributed by atoms with Crippen LogP contribution in [-0.2, 0) is 0 Å². The third-order valence-electron chi connectivity index (χ3n) is 5.03. The second-order valence-electron chi connectivity index (χ2n) is 6.86. The van der Waals surface area contributed by atoms with E-state index in [0.29, 0.717) is 17.6 Å². The molecule has 0 atom stereocenters. The minimum atomic E-state index is 0.557. The molecule has 6 aromatic rings. The number of pyridine rings is 1. The molecule has 6 rings (SSSR count). The highest BCUT2D eigenvalue weighted by molar-refractivity contribution is 7.17. The number of hydrogen-bond donors (Lipinski definition) is 0. The van der Waals surface area contributed by atoms with Gasteiger partial charge in [0.25, 0.3) is 0 Å². The van der Waals surface area contributed by atoms with E-state index in [9.17, 15) is 0 Å². The van der Waals surface area contributed by atoms with Crippen molar-refractivity contribution in [3.05, 3.63) is 90.4 Å². The minimum absolute atomic E-state index is 0.557. The summed E-state index contributed by atoms with van der Waals surface area (Å²) >= 11 is 1.68. The molecule has 0 radical (unpaired) electrons. The van der Waals surface area contributed by atoms with Gasteiger partial charge in [-0.05, 0) is 29.6 Å². The van der Waals surface area contributed by atoms with Crippen molar-refractivity contribution in [2.24, 2.45) is 0 Å². The van der Waals surface area contributed by atoms with Gasteiger partial charge in [0, 0.05) is 22.5 Å². The zero-order valence-electron chi connectivity index (χ0n) is 15.8. The van der Waals surface area contributed by atoms with Crippen LogP contribution < -0.4 is 0 Å². The summed E-state index contributed by atoms with van der Waals surface area (Å²) in [5.74, 6) is 1.78. The molecule has 4 heterocycles. The van der Waals surface area contributed by atoms with E-state index in [-0.39, 0.29) is 0 Å². The number of hydrogen-bond acceptors (Lipinski definition) is 5. The first-order valence-corrected chi connectivity index (χ1v) is 10.5. The van der Waals surface area contributed by atoms with Gasteiger partial charge in [0.05, 0.1) is 5.52 Å². The Labute approximate surface area is 176 Å². The molecule has 0 bridgehead atoms. The second-order valence-corrected chi connectivity index (χ2v) is 7.75. The third kappa shape index (κ3) is 2.69. The number of rotatable bonds is 3. The van der Waals surface area contributed by atoms with Gasteiger partial charge in [0.15, 0.2) is 11.6 Å². The largest absolute Gasteiger partial charge is 0.269 e. The highest BCUT2D eigenvalue weighted by Crippen LogP contribution is 2.34. The van der Waals surface area contributed by atoms with Crippen LogP contribution in [-0.4, -0.2) is 24.5 Å². The number of para-hydroxylation sites is 1. The molecule has 0 fully saturated rings. The molecule has 0 saturated heterocycles. The Kier molecular flexibility index (Phi) is 3.89. The Bertz CT molecular complexity index is 1430. The molecular weight excluding hydrogens is 390 g/mol. The van der Waals surface area contributed by atoms with E-state index in [1.54, 1.807) is 17.5 Å². The lowest BCUT2D eigenvalue weighted by Gasteiger charge is -2.09. The van der Waals surface area contributed by atoms with E-state index < -0.39 is 0 Å². The molecule has 0 N–H and O–H groups in total. The van der Waals surface area contributed by atoms with Gasteiger partial charge >= 0.3 is 0 Å². The monoisotopic (exact) mass is 405 g/mol. The van der Waals surface area contributed by atoms with Crippen LogP contribution in [0, 0.1) is 0 Å². The molecule has 0 aliphatic carbocycles. The molecule has 2 aromatic carbocycles. The van der Waals surface area contributed by atoms with Crippen molar-refractivity contribution < 1.29 is 0 Å². The van der Waals surface area contributed by atoms with Gasteiger partial charge in [-0.3, -0.25) is 9.55 Å². The zero-order chi connectivity index (χ0) is 19.9. The Morgan fingerprint density at radius 3 is 2.33 bits per heavy atom. The first kappa shape index (κ1) is 17.0. The van der Waals surface area contributed by atoms with Gasteiger partial charge in [-0.15, -0.1) is 11.3 Å². The standard InChI is InChI=1S/C24H15N5S/c1-2-8-16(9-3-1)21-26-22(19-11-6-7-14-25-19)28-24(27-21)29-20-12-5-4-10-17(20)18-13-15-30-23(18)29/h1-15H. The van der Waals surface area contributed by atoms with Crippen molar-refractivity contribution >= 4 is 32.5 Å². The molecule has 142 valence electrons. The van der Waals surface area contributed by atoms with Crippen LogP contribution in [0.2, 0.25) is 0 Å². The highest BCUT2D eigenvalue weighted by atomic mass is 32.1. The molecule has 5 nitrogen and oxygen atoms in total. The smallest absolute Gasteiger partial charge is 0.239 e. The lowest BCUT2D eigenvalue weighted by Crippen LogP contribution is -2.06. The molecule has 0 unspecified atom stereocenters. The molecule has 0 saturated carbocycles. The van der Waals surface area contributed by atoms with Crippen LogP contribution in [0.15, 0.2) is 90.4 Å². The number of aromatic nitrogens is 5. The Balaban J connectivity index is 1.68. The van der Waals surface area contributed by atoms with Gasteiger partial charge in [-0.2, -0.15) is 9.97 Å². The fourth-order valence-electron chi connectivity index (χ4n) is 3.67. The SMILES string of the molecule is c1ccc(-c2nc(-c3ccccn3)nc(-n3c4ccccc4c4ccsc43)n2)cc1. The topological polar surface area (TPSA) is 56.5 Å². The van der Waals surface area contributed by atoms with Gasteiger partial charge in [0.2, 0.25) is 5.95 Å². The molecule has 30 heavy (non-hydrogen) atoms. The lowest BCUT2D eigenvalue weighted by atomic mass is 10.2. The van der Waals surface area contributed by atoms with E-state index >= 15 is 0 Å². The summed E-state index contributed by atoms with van der Waals surface area (Å²) in [5, 5.41) is 4.50. The Morgan fingerprint density at radius 1 is 0.667 bits per heavy atom. The highest BCUT2D eigenvalue weighted by Gasteiger charge is 2.18. The van der Waals surface area contributed by atoms with Crippen LogP contribution in [0.3, 0.4) is 0 Å². The van der Waals surface area contributed by atoms with Crippen molar-refractivity contribution in [1.82, 2.24) is 24.5 Å². The molecule has 0 aliphatic rings. The van der Waals surface area contributed by atoms with E-state index in [4.69, 9.17) is 15.0 Å². The maximum absolute atomic E-state index is 4.87. The van der Waals surface area contributed by atoms with E-state index in [0.717, 1.165) is 21.6 Å². The molecule has 6 heteroatoms. The summed E-state index contributed by atoms with van der Waals surface area (Å²) in [6, 6.07) is 26.2. The van der Waals surface area contributed by atoms with Crippen LogP contribution in [0.4, 0.5) is 0 Å². The molecule has 0 spiro atoms. The average molecular weight is 405 g/mol. The second kappa shape index (κ2) is 6.86. The maximum atomic E-state index is 4.87. The summed E-state index contributed by atoms with van der Waals surface area (Å²) in [5.41, 5.74) is 2.74. The normalized spacial score (nSPS) is 11.3. The van der Waals surface area contributed by atoms with Gasteiger partial charge in [0.1, 0.15) is 10.5 Å². The van der Waals surface area contributed by atoms with Crippen molar-refractivity contribution in [2.75, 3.05) is 0 Å². The number of nitrogens with zero attached hydrogens (tertiary/aromatic N) is 5. The summed E-state index contributed by atoms with van der Waals surface area (Å²) < 4.78 is 2.12. The van der Waals surface area contributed by atoms with Crippen LogP contribution in [0.1, 0.15) is 0 Å². The maximum Gasteiger partial charge on any atom is 0.239 e. The van der Waals surface area contributed by atoms with E-state index in [1.165, 1.54) is 10.8 Å². The lowest BCUT2D eigenvalue weighted by molar-refractivity contribution is 0.952. The number of thiophene rings is 1. The van der Waals surface area contributed by atoms with Crippen molar-refractivity contribution in [2.45, 2.75) is 0 Å². The van der Waals surface area contributed by atoms with Crippen LogP contribution >= 0.6 is 11.3 Å². The predicted octanol–water partition coefficient (Wildman–Crippen LogP) is 5.76. The van der Waals surface area contributed by atoms with E-state index in [1.807, 2.05) is 54.6 Å². The van der Waals surface area contributed by atoms with Gasteiger partial charge in [-0.1, -0.05) is 54.6 Å². The van der Waals surface area contributed by atoms with Crippen molar-refractivity contribution in [1.29, 1.82) is 0 Å². The van der Waals surface area contributed by atoms with Gasteiger partial charge < -0.3 is 0 Å². The Morgan fingerprint density at radius 2 is 1.47 bits per heavy atom. The van der Waals surface area contributed by atoms with Crippen LogP contribution in [0.5, 0.6) is 0 Å². The molecule has 0 aliphatic heterocycles. The average Bonchev–Trinajstić information content (AvgIpc) is 3.41. The quantitative estimate of drug-likeness (QED) is 0.376. The molecular formula is C24H15N5S. The number of fused-ring (bicyclic) bond motifs is 3. The fourth-order valence-corrected chi connectivity index (χ4v) is 4.60. The summed E-state index contributed by atoms with van der Waals surface area (Å²) in [6.45, 7) is 0. The summed E-state index contributed by atoms with van der Waals surface area (Å²) in [7, 11) is 0. The summed E-state index contributed by atoms with van der Waals surface area (Å²) in [6.07, 6.45) is 1.75. The van der Waals surface area contributed by atoms with Crippen LogP contribution in [0.25, 0.3) is 50.0 Å². The van der Waals surface area contributed by atoms with Gasteiger partial charge in [-0.25, -0.2) is 4.98 Å². The fraction of sp³-hybridized carbons (Fsp3) is 0. The van der Waals surface area contributed by atoms with Crippen molar-refractivity contribution in [3.8, 4) is 28.9 Å². The first-order chi connectivity index (χ1) is 14.9. The third-order valence-corrected chi connectivity index (χ3v) is 5.93. The molecule has 0 amide bonds. The number of benzene rings is 2. The summed E-state index contributed by atoms with van der Waals surface area (Å²) in [4.78, 5) is 20.0. The van der Waals surface area contributed by atoms with Crippen molar-refractivity contribution in [3.63, 3.8) is 0 Å².